The number of nitrogens with one attached hydrogen (secondary N) is 2. The Balaban J connectivity index is 1.47. The van der Waals surface area contributed by atoms with E-state index in [-0.39, 0.29) is 19.2 Å². The fraction of sp³-hybridized carbons (Fsp3) is 0.176. The minimum Gasteiger partial charge on any atom is -0.454 e. The maximum absolute atomic E-state index is 11.8. The summed E-state index contributed by atoms with van der Waals surface area (Å²) < 4.78 is 10.5. The van der Waals surface area contributed by atoms with Gasteiger partial charge in [0.15, 0.2) is 11.5 Å². The van der Waals surface area contributed by atoms with E-state index in [2.05, 4.69) is 15.8 Å². The van der Waals surface area contributed by atoms with Crippen LogP contribution in [0, 0.1) is 6.92 Å². The highest BCUT2D eigenvalue weighted by Gasteiger charge is 2.13. The Morgan fingerprint density at radius 1 is 1.17 bits per heavy atom. The smallest absolute Gasteiger partial charge is 0.259 e. The van der Waals surface area contributed by atoms with E-state index in [0.29, 0.717) is 11.5 Å². The summed E-state index contributed by atoms with van der Waals surface area (Å²) in [6.45, 7) is 2.36. The molecule has 3 rings (SSSR count). The van der Waals surface area contributed by atoms with Crippen LogP contribution in [0.4, 0.5) is 5.69 Å². The number of carbonyl (C=O) groups excluding carboxylic acids is 1. The van der Waals surface area contributed by atoms with Gasteiger partial charge in [0.1, 0.15) is 0 Å². The van der Waals surface area contributed by atoms with E-state index in [4.69, 9.17) is 9.47 Å². The maximum atomic E-state index is 11.8. The van der Waals surface area contributed by atoms with E-state index in [1.165, 1.54) is 5.56 Å². The van der Waals surface area contributed by atoms with E-state index in [1.807, 2.05) is 37.3 Å². The summed E-state index contributed by atoms with van der Waals surface area (Å²) in [6.07, 6.45) is 1.61. The van der Waals surface area contributed by atoms with Crippen LogP contribution in [-0.4, -0.2) is 25.5 Å². The molecule has 0 radical (unpaired) electrons. The molecule has 6 nitrogen and oxygen atoms in total. The number of hydrogen-bond donors (Lipinski definition) is 2. The number of ether oxygens (including phenoxy) is 2. The largest absolute Gasteiger partial charge is 0.454 e. The molecular formula is C17H17N3O3. The van der Waals surface area contributed by atoms with Gasteiger partial charge in [0, 0.05) is 11.8 Å². The van der Waals surface area contributed by atoms with Crippen molar-refractivity contribution in [1.82, 2.24) is 5.43 Å². The SMILES string of the molecule is Cc1ccc(/C=N\NC(=O)CNc2ccc3c(c2)OCO3)cc1. The van der Waals surface area contributed by atoms with Crippen LogP contribution in [0.1, 0.15) is 11.1 Å². The summed E-state index contributed by atoms with van der Waals surface area (Å²) in [7, 11) is 0. The van der Waals surface area contributed by atoms with Gasteiger partial charge in [-0.1, -0.05) is 29.8 Å². The monoisotopic (exact) mass is 311 g/mol. The van der Waals surface area contributed by atoms with Crippen molar-refractivity contribution in [2.75, 3.05) is 18.7 Å². The van der Waals surface area contributed by atoms with E-state index >= 15 is 0 Å². The molecule has 1 aliphatic rings. The number of amides is 1. The molecule has 0 saturated heterocycles. The van der Waals surface area contributed by atoms with Gasteiger partial charge < -0.3 is 14.8 Å². The van der Waals surface area contributed by atoms with Crippen LogP contribution in [0.15, 0.2) is 47.6 Å². The van der Waals surface area contributed by atoms with Crippen LogP contribution in [0.2, 0.25) is 0 Å². The molecule has 0 fully saturated rings. The van der Waals surface area contributed by atoms with Crippen molar-refractivity contribution in [3.05, 3.63) is 53.6 Å². The third kappa shape index (κ3) is 4.00. The van der Waals surface area contributed by atoms with Gasteiger partial charge in [0.25, 0.3) is 5.91 Å². The van der Waals surface area contributed by atoms with Crippen molar-refractivity contribution in [2.45, 2.75) is 6.92 Å². The van der Waals surface area contributed by atoms with Crippen LogP contribution >= 0.6 is 0 Å². The lowest BCUT2D eigenvalue weighted by molar-refractivity contribution is -0.119. The third-order valence-electron chi connectivity index (χ3n) is 3.31. The first kappa shape index (κ1) is 14.9. The van der Waals surface area contributed by atoms with Crippen molar-refractivity contribution in [3.63, 3.8) is 0 Å². The molecule has 0 saturated carbocycles. The Labute approximate surface area is 134 Å². The highest BCUT2D eigenvalue weighted by Crippen LogP contribution is 2.34. The summed E-state index contributed by atoms with van der Waals surface area (Å²) in [6, 6.07) is 13.3. The van der Waals surface area contributed by atoms with Crippen LogP contribution in [0.3, 0.4) is 0 Å². The molecule has 2 aromatic rings. The molecule has 2 N–H and O–H groups in total. The van der Waals surface area contributed by atoms with Gasteiger partial charge in [-0.25, -0.2) is 5.43 Å². The van der Waals surface area contributed by atoms with Gasteiger partial charge in [0.2, 0.25) is 6.79 Å². The third-order valence-corrected chi connectivity index (χ3v) is 3.31. The molecule has 0 aromatic heterocycles. The molecular weight excluding hydrogens is 294 g/mol. The average Bonchev–Trinajstić information content (AvgIpc) is 3.02. The quantitative estimate of drug-likeness (QED) is 0.656. The normalized spacial score (nSPS) is 12.4. The molecule has 1 aliphatic heterocycles. The second-order valence-electron chi connectivity index (χ2n) is 5.13. The Morgan fingerprint density at radius 2 is 1.96 bits per heavy atom. The predicted molar refractivity (Wildman–Crippen MR) is 88.0 cm³/mol. The van der Waals surface area contributed by atoms with Crippen molar-refractivity contribution in [1.29, 1.82) is 0 Å². The zero-order chi connectivity index (χ0) is 16.1. The van der Waals surface area contributed by atoms with Crippen LogP contribution in [0.25, 0.3) is 0 Å². The van der Waals surface area contributed by atoms with Crippen LogP contribution in [0.5, 0.6) is 11.5 Å². The second kappa shape index (κ2) is 6.83. The van der Waals surface area contributed by atoms with Crippen molar-refractivity contribution >= 4 is 17.8 Å². The Morgan fingerprint density at radius 3 is 2.78 bits per heavy atom. The predicted octanol–water partition coefficient (Wildman–Crippen LogP) is 2.29. The van der Waals surface area contributed by atoms with Crippen molar-refractivity contribution in [3.8, 4) is 11.5 Å². The van der Waals surface area contributed by atoms with Gasteiger partial charge in [-0.3, -0.25) is 4.79 Å². The van der Waals surface area contributed by atoms with Gasteiger partial charge in [-0.15, -0.1) is 0 Å². The molecule has 0 atom stereocenters. The number of anilines is 1. The van der Waals surface area contributed by atoms with Crippen LogP contribution < -0.4 is 20.2 Å². The van der Waals surface area contributed by atoms with Gasteiger partial charge in [-0.2, -0.15) is 5.10 Å². The van der Waals surface area contributed by atoms with Gasteiger partial charge in [0.05, 0.1) is 12.8 Å². The number of nitrogens with zero attached hydrogens (tertiary/aromatic N) is 1. The minimum absolute atomic E-state index is 0.116. The van der Waals surface area contributed by atoms with Crippen molar-refractivity contribution < 1.29 is 14.3 Å². The zero-order valence-corrected chi connectivity index (χ0v) is 12.7. The number of hydrogen-bond acceptors (Lipinski definition) is 5. The Bertz CT molecular complexity index is 726. The summed E-state index contributed by atoms with van der Waals surface area (Å²) in [5.41, 5.74) is 5.37. The lowest BCUT2D eigenvalue weighted by Gasteiger charge is -2.06. The number of aryl methyl sites for hydroxylation is 1. The molecule has 23 heavy (non-hydrogen) atoms. The molecule has 0 spiro atoms. The first-order chi connectivity index (χ1) is 11.2. The number of hydrazone groups is 1. The summed E-state index contributed by atoms with van der Waals surface area (Å²) in [5, 5.41) is 6.94. The topological polar surface area (TPSA) is 72.0 Å². The zero-order valence-electron chi connectivity index (χ0n) is 12.7. The standard InChI is InChI=1S/C17H17N3O3/c1-12-2-4-13(5-3-12)9-19-20-17(21)10-18-14-6-7-15-16(8-14)23-11-22-15/h2-9,18H,10-11H2,1H3,(H,20,21)/b19-9-. The lowest BCUT2D eigenvalue weighted by atomic mass is 10.2. The minimum atomic E-state index is -0.231. The fourth-order valence-electron chi connectivity index (χ4n) is 2.06. The number of carbonyl (C=O) groups is 1. The number of benzene rings is 2. The van der Waals surface area contributed by atoms with Gasteiger partial charge >= 0.3 is 0 Å². The molecule has 0 bridgehead atoms. The van der Waals surface area contributed by atoms with Gasteiger partial charge in [-0.05, 0) is 24.6 Å². The fourth-order valence-corrected chi connectivity index (χ4v) is 2.06. The molecule has 6 heteroatoms. The number of rotatable bonds is 5. The molecule has 118 valence electrons. The highest BCUT2D eigenvalue weighted by molar-refractivity contribution is 5.84. The van der Waals surface area contributed by atoms with E-state index < -0.39 is 0 Å². The second-order valence-corrected chi connectivity index (χ2v) is 5.13. The first-order valence-corrected chi connectivity index (χ1v) is 7.23. The summed E-state index contributed by atoms with van der Waals surface area (Å²) in [5.74, 6) is 1.15. The maximum Gasteiger partial charge on any atom is 0.259 e. The summed E-state index contributed by atoms with van der Waals surface area (Å²) in [4.78, 5) is 11.8. The Hall–Kier alpha value is -3.02. The molecule has 0 unspecified atom stereocenters. The first-order valence-electron chi connectivity index (χ1n) is 7.23. The van der Waals surface area contributed by atoms with Crippen LogP contribution in [-0.2, 0) is 4.79 Å². The number of fused-ring (bicyclic) bond motifs is 1. The van der Waals surface area contributed by atoms with Crippen molar-refractivity contribution in [2.24, 2.45) is 5.10 Å². The average molecular weight is 311 g/mol. The van der Waals surface area contributed by atoms with E-state index in [9.17, 15) is 4.79 Å². The molecule has 2 aromatic carbocycles. The summed E-state index contributed by atoms with van der Waals surface area (Å²) >= 11 is 0. The van der Waals surface area contributed by atoms with E-state index in [0.717, 1.165) is 11.3 Å². The molecule has 0 aliphatic carbocycles. The molecule has 1 heterocycles. The molecule has 1 amide bonds. The lowest BCUT2D eigenvalue weighted by Crippen LogP contribution is -2.25. The van der Waals surface area contributed by atoms with E-state index in [1.54, 1.807) is 18.3 Å². The Kier molecular flexibility index (Phi) is 4.42. The highest BCUT2D eigenvalue weighted by atomic mass is 16.7.